The highest BCUT2D eigenvalue weighted by Crippen LogP contribution is 2.60. The number of hydrogen-bond acceptors (Lipinski definition) is 5. The number of nitrogens with zero attached hydrogens (tertiary/aromatic N) is 1. The summed E-state index contributed by atoms with van der Waals surface area (Å²) in [7, 11) is 1.46. The monoisotopic (exact) mass is 350 g/mol. The van der Waals surface area contributed by atoms with E-state index in [1.807, 2.05) is 44.2 Å². The third-order valence-electron chi connectivity index (χ3n) is 5.19. The summed E-state index contributed by atoms with van der Waals surface area (Å²) in [6.45, 7) is 3.77. The molecule has 0 bridgehead atoms. The van der Waals surface area contributed by atoms with Gasteiger partial charge in [0.2, 0.25) is 5.91 Å². The van der Waals surface area contributed by atoms with E-state index in [1.165, 1.54) is 23.8 Å². The molecule has 1 amide bonds. The van der Waals surface area contributed by atoms with Crippen LogP contribution in [0.25, 0.3) is 0 Å². The van der Waals surface area contributed by atoms with Crippen LogP contribution in [0.3, 0.4) is 0 Å². The predicted octanol–water partition coefficient (Wildman–Crippen LogP) is 1.29. The number of aliphatic carboxylic acids is 1. The Morgan fingerprint density at radius 3 is 2.58 bits per heavy atom. The molecule has 2 saturated heterocycles. The number of hydrogen-bond donors (Lipinski definition) is 2. The van der Waals surface area contributed by atoms with Crippen LogP contribution in [-0.4, -0.2) is 50.9 Å². The van der Waals surface area contributed by atoms with E-state index in [0.29, 0.717) is 0 Å². The van der Waals surface area contributed by atoms with Gasteiger partial charge in [0.1, 0.15) is 12.1 Å². The lowest BCUT2D eigenvalue weighted by Crippen LogP contribution is -2.73. The molecule has 130 valence electrons. The molecular formula is C17H22N2O4S. The van der Waals surface area contributed by atoms with Gasteiger partial charge < -0.3 is 20.5 Å². The number of ether oxygens (including phenoxy) is 1. The summed E-state index contributed by atoms with van der Waals surface area (Å²) in [4.78, 5) is 26.6. The van der Waals surface area contributed by atoms with Gasteiger partial charge >= 0.3 is 5.97 Å². The number of carbonyl (C=O) groups is 2. The van der Waals surface area contributed by atoms with Crippen molar-refractivity contribution in [3.05, 3.63) is 35.9 Å². The van der Waals surface area contributed by atoms with E-state index < -0.39 is 28.4 Å². The Morgan fingerprint density at radius 2 is 2.04 bits per heavy atom. The number of carboxylic acid groups (broad SMARTS) is 1. The average molecular weight is 350 g/mol. The normalized spacial score (nSPS) is 32.2. The number of thioether (sulfide) groups is 1. The smallest absolute Gasteiger partial charge is 0.331 e. The Kier molecular flexibility index (Phi) is 4.14. The fourth-order valence-electron chi connectivity index (χ4n) is 3.78. The fourth-order valence-corrected chi connectivity index (χ4v) is 5.65. The predicted molar refractivity (Wildman–Crippen MR) is 91.3 cm³/mol. The van der Waals surface area contributed by atoms with E-state index in [2.05, 4.69) is 0 Å². The molecule has 1 unspecified atom stereocenters. The molecule has 0 spiro atoms. The van der Waals surface area contributed by atoms with Crippen molar-refractivity contribution in [3.63, 3.8) is 0 Å². The fraction of sp³-hybridized carbons (Fsp3) is 0.529. The second kappa shape index (κ2) is 5.75. The number of β-lactam (4-membered cyclic amide) rings is 1. The van der Waals surface area contributed by atoms with Crippen molar-refractivity contribution in [1.29, 1.82) is 0 Å². The molecule has 3 rings (SSSR count). The summed E-state index contributed by atoms with van der Waals surface area (Å²) in [6.07, 6.45) is -0.455. The van der Waals surface area contributed by atoms with Crippen LogP contribution in [0.5, 0.6) is 0 Å². The van der Waals surface area contributed by atoms with E-state index >= 15 is 0 Å². The standard InChI is InChI=1S/C17H22N2O4S/c1-16(2)17(15(21)22,9-10-7-5-4-6-8-10)19-13(20)11(12(18)23-3)14(19)24-16/h4-8,11-12,14H,9,18H2,1-3H3,(H,21,22)/t11-,12?,14+,17-/m0/s1. The lowest BCUT2D eigenvalue weighted by atomic mass is 9.75. The quantitative estimate of drug-likeness (QED) is 0.614. The first-order chi connectivity index (χ1) is 11.3. The molecule has 1 aromatic rings. The van der Waals surface area contributed by atoms with Crippen molar-refractivity contribution in [3.8, 4) is 0 Å². The number of carbonyl (C=O) groups excluding carboxylic acids is 1. The van der Waals surface area contributed by atoms with Crippen LogP contribution in [0.2, 0.25) is 0 Å². The molecule has 1 aromatic carbocycles. The molecule has 2 aliphatic rings. The van der Waals surface area contributed by atoms with Gasteiger partial charge in [-0.3, -0.25) is 4.79 Å². The molecule has 2 aliphatic heterocycles. The van der Waals surface area contributed by atoms with Crippen molar-refractivity contribution >= 4 is 23.6 Å². The van der Waals surface area contributed by atoms with Crippen LogP contribution in [0, 0.1) is 5.92 Å². The van der Waals surface area contributed by atoms with E-state index in [0.717, 1.165) is 5.56 Å². The first-order valence-corrected chi connectivity index (χ1v) is 8.71. The van der Waals surface area contributed by atoms with Gasteiger partial charge in [-0.1, -0.05) is 30.3 Å². The molecule has 3 N–H and O–H groups in total. The van der Waals surface area contributed by atoms with Gasteiger partial charge in [-0.15, -0.1) is 11.8 Å². The molecule has 0 aliphatic carbocycles. The third kappa shape index (κ3) is 2.18. The van der Waals surface area contributed by atoms with Crippen LogP contribution in [0.15, 0.2) is 30.3 Å². The largest absolute Gasteiger partial charge is 0.479 e. The van der Waals surface area contributed by atoms with E-state index in [4.69, 9.17) is 10.5 Å². The zero-order chi connectivity index (χ0) is 17.7. The molecule has 4 atom stereocenters. The van der Waals surface area contributed by atoms with Gasteiger partial charge in [-0.25, -0.2) is 4.79 Å². The van der Waals surface area contributed by atoms with E-state index in [9.17, 15) is 14.7 Å². The highest BCUT2D eigenvalue weighted by atomic mass is 32.2. The maximum absolute atomic E-state index is 12.7. The number of nitrogens with two attached hydrogens (primary N) is 1. The molecule has 6 nitrogen and oxygen atoms in total. The molecule has 24 heavy (non-hydrogen) atoms. The van der Waals surface area contributed by atoms with Gasteiger partial charge in [-0.05, 0) is 19.4 Å². The number of benzene rings is 1. The number of fused-ring (bicyclic) bond motifs is 1. The van der Waals surface area contributed by atoms with Gasteiger partial charge in [0.25, 0.3) is 0 Å². The van der Waals surface area contributed by atoms with E-state index in [-0.39, 0.29) is 17.7 Å². The van der Waals surface area contributed by atoms with Gasteiger partial charge in [0.05, 0.1) is 5.37 Å². The molecule has 2 heterocycles. The van der Waals surface area contributed by atoms with Gasteiger partial charge in [0.15, 0.2) is 5.54 Å². The Morgan fingerprint density at radius 1 is 1.42 bits per heavy atom. The Hall–Kier alpha value is -1.57. The lowest BCUT2D eigenvalue weighted by molar-refractivity contribution is -0.180. The van der Waals surface area contributed by atoms with Crippen LogP contribution < -0.4 is 5.73 Å². The Balaban J connectivity index is 2.02. The first-order valence-electron chi connectivity index (χ1n) is 7.83. The van der Waals surface area contributed by atoms with Crippen molar-refractivity contribution in [2.45, 2.75) is 42.2 Å². The zero-order valence-electron chi connectivity index (χ0n) is 13.9. The Labute approximate surface area is 145 Å². The van der Waals surface area contributed by atoms with Crippen LogP contribution in [-0.2, 0) is 20.7 Å². The molecular weight excluding hydrogens is 328 g/mol. The maximum Gasteiger partial charge on any atom is 0.331 e. The van der Waals surface area contributed by atoms with Crippen molar-refractivity contribution in [1.82, 2.24) is 4.90 Å². The lowest BCUT2D eigenvalue weighted by Gasteiger charge is -2.51. The summed E-state index contributed by atoms with van der Waals surface area (Å²) in [5.41, 5.74) is 5.49. The Bertz CT molecular complexity index is 666. The molecule has 2 fully saturated rings. The van der Waals surface area contributed by atoms with E-state index in [1.54, 1.807) is 0 Å². The summed E-state index contributed by atoms with van der Waals surface area (Å²) >= 11 is 1.49. The zero-order valence-corrected chi connectivity index (χ0v) is 14.7. The second-order valence-electron chi connectivity index (χ2n) is 6.78. The second-order valence-corrected chi connectivity index (χ2v) is 8.52. The first kappa shape index (κ1) is 17.3. The maximum atomic E-state index is 12.7. The number of methoxy groups -OCH3 is 1. The molecule has 7 heteroatoms. The minimum absolute atomic E-state index is 0.245. The highest BCUT2D eigenvalue weighted by Gasteiger charge is 2.73. The SMILES string of the molecule is COC(N)[C@H]1C(=O)N2[C@@H]1SC(C)(C)[C@]2(Cc1ccccc1)C(=O)O. The summed E-state index contributed by atoms with van der Waals surface area (Å²) in [6, 6.07) is 9.41. The third-order valence-corrected chi connectivity index (χ3v) is 6.86. The minimum Gasteiger partial charge on any atom is -0.479 e. The minimum atomic E-state index is -1.30. The van der Waals surface area contributed by atoms with Gasteiger partial charge in [0, 0.05) is 18.3 Å². The van der Waals surface area contributed by atoms with Crippen molar-refractivity contribution < 1.29 is 19.4 Å². The summed E-state index contributed by atoms with van der Waals surface area (Å²) in [5, 5.41) is 9.84. The van der Waals surface area contributed by atoms with Crippen molar-refractivity contribution in [2.24, 2.45) is 11.7 Å². The number of carboxylic acids is 1. The number of rotatable bonds is 5. The van der Waals surface area contributed by atoms with Gasteiger partial charge in [-0.2, -0.15) is 0 Å². The summed E-state index contributed by atoms with van der Waals surface area (Å²) < 4.78 is 4.46. The van der Waals surface area contributed by atoms with Crippen LogP contribution >= 0.6 is 11.8 Å². The topological polar surface area (TPSA) is 92.9 Å². The highest BCUT2D eigenvalue weighted by molar-refractivity contribution is 8.01. The van der Waals surface area contributed by atoms with Crippen molar-refractivity contribution in [2.75, 3.05) is 7.11 Å². The summed E-state index contributed by atoms with van der Waals surface area (Å²) in [5.74, 6) is -1.73. The molecule has 0 aromatic heterocycles. The number of amides is 1. The molecule has 0 radical (unpaired) electrons. The van der Waals surface area contributed by atoms with Crippen LogP contribution in [0.4, 0.5) is 0 Å². The van der Waals surface area contributed by atoms with Crippen LogP contribution in [0.1, 0.15) is 19.4 Å². The molecule has 0 saturated carbocycles. The average Bonchev–Trinajstić information content (AvgIpc) is 2.73.